The zero-order valence-electron chi connectivity index (χ0n) is 11.5. The average Bonchev–Trinajstić information content (AvgIpc) is 2.37. The fraction of sp³-hybridized carbons (Fsp3) is 0.538. The molecule has 20 heavy (non-hydrogen) atoms. The Kier molecular flexibility index (Phi) is 4.62. The van der Waals surface area contributed by atoms with Gasteiger partial charge in [0.05, 0.1) is 4.90 Å². The van der Waals surface area contributed by atoms with Crippen LogP contribution < -0.4 is 10.5 Å². The molecule has 1 heterocycles. The van der Waals surface area contributed by atoms with Crippen LogP contribution in [0.4, 0.5) is 10.1 Å². The van der Waals surface area contributed by atoms with E-state index in [2.05, 4.69) is 9.62 Å². The molecule has 1 saturated heterocycles. The summed E-state index contributed by atoms with van der Waals surface area (Å²) in [6, 6.07) is 3.51. The number of nitrogen functional groups attached to an aromatic ring is 1. The average molecular weight is 301 g/mol. The maximum atomic E-state index is 13.2. The van der Waals surface area contributed by atoms with Crippen molar-refractivity contribution in [3.05, 3.63) is 24.0 Å². The van der Waals surface area contributed by atoms with Crippen molar-refractivity contribution >= 4 is 15.7 Å². The van der Waals surface area contributed by atoms with Crippen LogP contribution in [0.25, 0.3) is 0 Å². The number of likely N-dealkylation sites (N-methyl/N-ethyl adjacent to an activating group) is 1. The first kappa shape index (κ1) is 15.2. The van der Waals surface area contributed by atoms with Crippen LogP contribution in [0, 0.1) is 5.82 Å². The Hall–Kier alpha value is -1.18. The zero-order chi connectivity index (χ0) is 14.8. The molecular weight excluding hydrogens is 281 g/mol. The highest BCUT2D eigenvalue weighted by molar-refractivity contribution is 7.89. The monoisotopic (exact) mass is 301 g/mol. The molecule has 0 amide bonds. The number of hydrogen-bond donors (Lipinski definition) is 2. The molecule has 3 N–H and O–H groups in total. The summed E-state index contributed by atoms with van der Waals surface area (Å²) in [5.41, 5.74) is 5.57. The van der Waals surface area contributed by atoms with Gasteiger partial charge in [0, 0.05) is 18.3 Å². The van der Waals surface area contributed by atoms with Crippen molar-refractivity contribution in [1.29, 1.82) is 0 Å². The van der Waals surface area contributed by atoms with Crippen LogP contribution in [0.5, 0.6) is 0 Å². The van der Waals surface area contributed by atoms with E-state index in [0.29, 0.717) is 6.54 Å². The Morgan fingerprint density at radius 3 is 2.80 bits per heavy atom. The van der Waals surface area contributed by atoms with Crippen LogP contribution in [0.2, 0.25) is 0 Å². The highest BCUT2D eigenvalue weighted by Crippen LogP contribution is 2.17. The minimum absolute atomic E-state index is 0.0974. The minimum Gasteiger partial charge on any atom is -0.399 e. The van der Waals surface area contributed by atoms with Gasteiger partial charge < -0.3 is 10.6 Å². The number of hydrogen-bond acceptors (Lipinski definition) is 4. The maximum Gasteiger partial charge on any atom is 0.240 e. The van der Waals surface area contributed by atoms with Gasteiger partial charge in [-0.05, 0) is 44.6 Å². The number of anilines is 1. The normalized spacial score (nSPS) is 21.0. The quantitative estimate of drug-likeness (QED) is 0.819. The molecule has 0 aliphatic carbocycles. The van der Waals surface area contributed by atoms with E-state index in [-0.39, 0.29) is 16.6 Å². The minimum atomic E-state index is -3.72. The van der Waals surface area contributed by atoms with E-state index in [1.807, 2.05) is 7.05 Å². The number of nitrogens with zero attached hydrogens (tertiary/aromatic N) is 1. The maximum absolute atomic E-state index is 13.2. The molecule has 0 saturated carbocycles. The first-order valence-electron chi connectivity index (χ1n) is 6.64. The van der Waals surface area contributed by atoms with Gasteiger partial charge in [0.15, 0.2) is 0 Å². The van der Waals surface area contributed by atoms with Crippen molar-refractivity contribution in [2.75, 3.05) is 25.9 Å². The summed E-state index contributed by atoms with van der Waals surface area (Å²) in [4.78, 5) is 2.01. The van der Waals surface area contributed by atoms with Crippen molar-refractivity contribution in [3.8, 4) is 0 Å². The van der Waals surface area contributed by atoms with E-state index in [4.69, 9.17) is 5.73 Å². The molecule has 0 spiro atoms. The van der Waals surface area contributed by atoms with Crippen LogP contribution in [0.3, 0.4) is 0 Å². The number of nitrogens with one attached hydrogen (secondary N) is 1. The van der Waals surface area contributed by atoms with Gasteiger partial charge in [-0.1, -0.05) is 6.42 Å². The second-order valence-corrected chi connectivity index (χ2v) is 6.97. The second-order valence-electron chi connectivity index (χ2n) is 5.20. The van der Waals surface area contributed by atoms with Gasteiger partial charge in [-0.3, -0.25) is 0 Å². The van der Waals surface area contributed by atoms with Crippen LogP contribution in [0.1, 0.15) is 19.3 Å². The van der Waals surface area contributed by atoms with Crippen molar-refractivity contribution in [3.63, 3.8) is 0 Å². The van der Waals surface area contributed by atoms with Crippen LogP contribution in [0.15, 0.2) is 23.1 Å². The molecule has 1 fully saturated rings. The molecule has 0 bridgehead atoms. The lowest BCUT2D eigenvalue weighted by atomic mass is 10.0. The molecule has 2 rings (SSSR count). The molecule has 0 radical (unpaired) electrons. The molecule has 1 aromatic rings. The molecule has 1 unspecified atom stereocenters. The third-order valence-corrected chi connectivity index (χ3v) is 5.04. The van der Waals surface area contributed by atoms with E-state index in [0.717, 1.165) is 37.9 Å². The number of piperidine rings is 1. The standard InChI is InChI=1S/C13H20FN3O2S/c1-17-5-3-2-4-12(17)9-16-20(18,19)13-7-10(14)6-11(15)8-13/h6-8,12,16H,2-5,9,15H2,1H3. The molecular formula is C13H20FN3O2S. The molecule has 1 aromatic carbocycles. The Labute approximate surface area is 119 Å². The van der Waals surface area contributed by atoms with Gasteiger partial charge in [-0.2, -0.15) is 0 Å². The highest BCUT2D eigenvalue weighted by atomic mass is 32.2. The Bertz CT molecular complexity index is 557. The van der Waals surface area contributed by atoms with Crippen LogP contribution in [-0.2, 0) is 10.0 Å². The van der Waals surface area contributed by atoms with Gasteiger partial charge in [0.2, 0.25) is 10.0 Å². The fourth-order valence-corrected chi connectivity index (χ4v) is 3.57. The predicted molar refractivity (Wildman–Crippen MR) is 76.3 cm³/mol. The highest BCUT2D eigenvalue weighted by Gasteiger charge is 2.22. The third-order valence-electron chi connectivity index (χ3n) is 3.63. The molecule has 1 aliphatic heterocycles. The third kappa shape index (κ3) is 3.68. The van der Waals surface area contributed by atoms with Crippen LogP contribution >= 0.6 is 0 Å². The fourth-order valence-electron chi connectivity index (χ4n) is 2.43. The van der Waals surface area contributed by atoms with Crippen molar-refractivity contribution in [2.24, 2.45) is 0 Å². The number of halogens is 1. The summed E-state index contributed by atoms with van der Waals surface area (Å²) in [5, 5.41) is 0. The van der Waals surface area contributed by atoms with Gasteiger partial charge in [-0.25, -0.2) is 17.5 Å². The molecule has 0 aromatic heterocycles. The van der Waals surface area contributed by atoms with Gasteiger partial charge >= 0.3 is 0 Å². The summed E-state index contributed by atoms with van der Waals surface area (Å²) in [7, 11) is -1.74. The molecule has 5 nitrogen and oxygen atoms in total. The molecule has 7 heteroatoms. The first-order chi connectivity index (χ1) is 9.38. The first-order valence-corrected chi connectivity index (χ1v) is 8.13. The van der Waals surface area contributed by atoms with Crippen molar-refractivity contribution < 1.29 is 12.8 Å². The lowest BCUT2D eigenvalue weighted by molar-refractivity contribution is 0.187. The molecule has 112 valence electrons. The van der Waals surface area contributed by atoms with E-state index in [9.17, 15) is 12.8 Å². The molecule has 1 aliphatic rings. The summed E-state index contributed by atoms with van der Waals surface area (Å²) in [6.45, 7) is 1.30. The van der Waals surface area contributed by atoms with Gasteiger partial charge in [0.1, 0.15) is 5.82 Å². The van der Waals surface area contributed by atoms with E-state index in [1.54, 1.807) is 0 Å². The van der Waals surface area contributed by atoms with Crippen molar-refractivity contribution in [1.82, 2.24) is 9.62 Å². The number of sulfonamides is 1. The number of benzene rings is 1. The van der Waals surface area contributed by atoms with E-state index < -0.39 is 15.8 Å². The van der Waals surface area contributed by atoms with Crippen LogP contribution in [-0.4, -0.2) is 39.5 Å². The van der Waals surface area contributed by atoms with Crippen molar-refractivity contribution in [2.45, 2.75) is 30.2 Å². The molecule has 1 atom stereocenters. The lowest BCUT2D eigenvalue weighted by Gasteiger charge is -2.32. The summed E-state index contributed by atoms with van der Waals surface area (Å²) in [5.74, 6) is -0.653. The Morgan fingerprint density at radius 1 is 1.40 bits per heavy atom. The zero-order valence-corrected chi connectivity index (χ0v) is 12.3. The number of rotatable bonds is 4. The summed E-state index contributed by atoms with van der Waals surface area (Å²) in [6.07, 6.45) is 3.20. The van der Waals surface area contributed by atoms with Gasteiger partial charge in [-0.15, -0.1) is 0 Å². The van der Waals surface area contributed by atoms with E-state index >= 15 is 0 Å². The lowest BCUT2D eigenvalue weighted by Crippen LogP contribution is -2.44. The summed E-state index contributed by atoms with van der Waals surface area (Å²) < 4.78 is 40.0. The van der Waals surface area contributed by atoms with Gasteiger partial charge in [0.25, 0.3) is 0 Å². The predicted octanol–water partition coefficient (Wildman–Crippen LogP) is 1.17. The smallest absolute Gasteiger partial charge is 0.240 e. The topological polar surface area (TPSA) is 75.4 Å². The Balaban J connectivity index is 2.07. The number of likely N-dealkylation sites (tertiary alicyclic amines) is 1. The second kappa shape index (κ2) is 6.07. The summed E-state index contributed by atoms with van der Waals surface area (Å²) >= 11 is 0. The largest absolute Gasteiger partial charge is 0.399 e. The SMILES string of the molecule is CN1CCCCC1CNS(=O)(=O)c1cc(N)cc(F)c1. The number of nitrogens with two attached hydrogens (primary N) is 1. The Morgan fingerprint density at radius 2 is 2.15 bits per heavy atom. The van der Waals surface area contributed by atoms with E-state index in [1.165, 1.54) is 6.07 Å².